The lowest BCUT2D eigenvalue weighted by Gasteiger charge is -2.14. The van der Waals surface area contributed by atoms with Crippen molar-refractivity contribution in [2.24, 2.45) is 0 Å². The average molecular weight is 181 g/mol. The normalized spacial score (nSPS) is 12.5. The van der Waals surface area contributed by atoms with Crippen LogP contribution in [0.15, 0.2) is 18.3 Å². The Morgan fingerprint density at radius 2 is 2.46 bits per heavy atom. The lowest BCUT2D eigenvalue weighted by Crippen LogP contribution is -2.22. The molecule has 1 aromatic rings. The van der Waals surface area contributed by atoms with E-state index in [0.717, 1.165) is 0 Å². The van der Waals surface area contributed by atoms with Crippen LogP contribution in [0.3, 0.4) is 0 Å². The number of nitrogen functional groups attached to an aromatic ring is 1. The molecule has 0 bridgehead atoms. The summed E-state index contributed by atoms with van der Waals surface area (Å²) in [5, 5.41) is 3.15. The number of hydrogen-bond donors (Lipinski definition) is 2. The van der Waals surface area contributed by atoms with Gasteiger partial charge in [-0.05, 0) is 19.1 Å². The van der Waals surface area contributed by atoms with Crippen LogP contribution in [0, 0.1) is 0 Å². The number of aromatic nitrogens is 1. The molecular formula is C9H15N3O. The van der Waals surface area contributed by atoms with Gasteiger partial charge in [-0.2, -0.15) is 0 Å². The van der Waals surface area contributed by atoms with Gasteiger partial charge in [-0.3, -0.25) is 0 Å². The van der Waals surface area contributed by atoms with E-state index in [1.54, 1.807) is 13.3 Å². The van der Waals surface area contributed by atoms with Crippen molar-refractivity contribution in [3.8, 4) is 0 Å². The smallest absolute Gasteiger partial charge is 0.149 e. The number of rotatable bonds is 4. The zero-order valence-electron chi connectivity index (χ0n) is 7.95. The van der Waals surface area contributed by atoms with Crippen molar-refractivity contribution < 1.29 is 4.74 Å². The third-order valence-corrected chi connectivity index (χ3v) is 1.64. The van der Waals surface area contributed by atoms with E-state index in [1.165, 1.54) is 0 Å². The summed E-state index contributed by atoms with van der Waals surface area (Å²) >= 11 is 0. The fraction of sp³-hybridized carbons (Fsp3) is 0.444. The van der Waals surface area contributed by atoms with Gasteiger partial charge in [0.2, 0.25) is 0 Å². The predicted molar refractivity (Wildman–Crippen MR) is 53.6 cm³/mol. The highest BCUT2D eigenvalue weighted by Crippen LogP contribution is 2.13. The molecule has 1 aromatic heterocycles. The van der Waals surface area contributed by atoms with Gasteiger partial charge in [0.05, 0.1) is 12.3 Å². The Kier molecular flexibility index (Phi) is 3.52. The summed E-state index contributed by atoms with van der Waals surface area (Å²) in [4.78, 5) is 4.11. The molecule has 72 valence electrons. The van der Waals surface area contributed by atoms with Crippen molar-refractivity contribution >= 4 is 11.5 Å². The Morgan fingerprint density at radius 1 is 1.69 bits per heavy atom. The Hall–Kier alpha value is -1.29. The highest BCUT2D eigenvalue weighted by Gasteiger charge is 2.03. The second-order valence-electron chi connectivity index (χ2n) is 2.94. The van der Waals surface area contributed by atoms with Gasteiger partial charge in [-0.15, -0.1) is 0 Å². The molecule has 1 rings (SSSR count). The second-order valence-corrected chi connectivity index (χ2v) is 2.94. The van der Waals surface area contributed by atoms with Crippen molar-refractivity contribution in [3.63, 3.8) is 0 Å². The first kappa shape index (κ1) is 9.80. The molecular weight excluding hydrogens is 166 g/mol. The highest BCUT2D eigenvalue weighted by atomic mass is 16.5. The SMILES string of the molecule is COC[C@@H](C)Nc1ncccc1N. The maximum atomic E-state index is 5.70. The Morgan fingerprint density at radius 3 is 3.08 bits per heavy atom. The predicted octanol–water partition coefficient (Wildman–Crippen LogP) is 1.11. The van der Waals surface area contributed by atoms with Crippen LogP contribution in [0.4, 0.5) is 11.5 Å². The van der Waals surface area contributed by atoms with E-state index in [2.05, 4.69) is 10.3 Å². The van der Waals surface area contributed by atoms with Crippen LogP contribution in [0.2, 0.25) is 0 Å². The molecule has 0 spiro atoms. The summed E-state index contributed by atoms with van der Waals surface area (Å²) in [6, 6.07) is 3.83. The molecule has 3 N–H and O–H groups in total. The number of nitrogens with one attached hydrogen (secondary N) is 1. The summed E-state index contributed by atoms with van der Waals surface area (Å²) in [6.07, 6.45) is 1.71. The van der Waals surface area contributed by atoms with Crippen LogP contribution in [0.5, 0.6) is 0 Å². The van der Waals surface area contributed by atoms with Gasteiger partial charge in [0.25, 0.3) is 0 Å². The van der Waals surface area contributed by atoms with Crippen molar-refractivity contribution in [2.75, 3.05) is 24.8 Å². The molecule has 1 heterocycles. The Balaban J connectivity index is 2.58. The number of pyridine rings is 1. The molecule has 13 heavy (non-hydrogen) atoms. The molecule has 0 radical (unpaired) electrons. The summed E-state index contributed by atoms with van der Waals surface area (Å²) in [7, 11) is 1.67. The van der Waals surface area contributed by atoms with Gasteiger partial charge < -0.3 is 15.8 Å². The van der Waals surface area contributed by atoms with Gasteiger partial charge in [0, 0.05) is 19.3 Å². The average Bonchev–Trinajstić information content (AvgIpc) is 2.09. The summed E-state index contributed by atoms with van der Waals surface area (Å²) in [6.45, 7) is 2.65. The van der Waals surface area contributed by atoms with Gasteiger partial charge in [-0.1, -0.05) is 0 Å². The molecule has 0 aliphatic carbocycles. The van der Waals surface area contributed by atoms with E-state index < -0.39 is 0 Å². The zero-order valence-corrected chi connectivity index (χ0v) is 7.95. The van der Waals surface area contributed by atoms with E-state index in [-0.39, 0.29) is 6.04 Å². The monoisotopic (exact) mass is 181 g/mol. The van der Waals surface area contributed by atoms with E-state index in [4.69, 9.17) is 10.5 Å². The summed E-state index contributed by atoms with van der Waals surface area (Å²) < 4.78 is 4.98. The minimum Gasteiger partial charge on any atom is -0.396 e. The third kappa shape index (κ3) is 2.91. The maximum absolute atomic E-state index is 5.70. The van der Waals surface area contributed by atoms with Crippen molar-refractivity contribution in [1.29, 1.82) is 0 Å². The highest BCUT2D eigenvalue weighted by molar-refractivity contribution is 5.60. The topological polar surface area (TPSA) is 60.2 Å². The number of hydrogen-bond acceptors (Lipinski definition) is 4. The van der Waals surface area contributed by atoms with Crippen LogP contribution >= 0.6 is 0 Å². The zero-order chi connectivity index (χ0) is 9.68. The van der Waals surface area contributed by atoms with E-state index >= 15 is 0 Å². The van der Waals surface area contributed by atoms with Crippen molar-refractivity contribution in [3.05, 3.63) is 18.3 Å². The molecule has 1 atom stereocenters. The Labute approximate surface area is 78.1 Å². The number of anilines is 2. The quantitative estimate of drug-likeness (QED) is 0.730. The molecule has 4 nitrogen and oxygen atoms in total. The lowest BCUT2D eigenvalue weighted by atomic mass is 10.3. The van der Waals surface area contributed by atoms with Crippen LogP contribution in [-0.2, 0) is 4.74 Å². The van der Waals surface area contributed by atoms with Gasteiger partial charge >= 0.3 is 0 Å². The first-order valence-electron chi connectivity index (χ1n) is 4.20. The standard InChI is InChI=1S/C9H15N3O/c1-7(6-13-2)12-9-8(10)4-3-5-11-9/h3-5,7H,6,10H2,1-2H3,(H,11,12)/t7-/m1/s1. The first-order valence-corrected chi connectivity index (χ1v) is 4.20. The molecule has 0 aromatic carbocycles. The second kappa shape index (κ2) is 4.67. The first-order chi connectivity index (χ1) is 6.24. The van der Waals surface area contributed by atoms with Crippen LogP contribution in [0.1, 0.15) is 6.92 Å². The fourth-order valence-electron chi connectivity index (χ4n) is 1.06. The van der Waals surface area contributed by atoms with Crippen molar-refractivity contribution in [1.82, 2.24) is 4.98 Å². The van der Waals surface area contributed by atoms with E-state index in [0.29, 0.717) is 18.1 Å². The molecule has 0 unspecified atom stereocenters. The van der Waals surface area contributed by atoms with Gasteiger partial charge in [-0.25, -0.2) is 4.98 Å². The van der Waals surface area contributed by atoms with E-state index in [9.17, 15) is 0 Å². The Bertz CT molecular complexity index is 265. The molecule has 0 aliphatic heterocycles. The largest absolute Gasteiger partial charge is 0.396 e. The molecule has 0 saturated carbocycles. The molecule has 0 aliphatic rings. The molecule has 4 heteroatoms. The van der Waals surface area contributed by atoms with Crippen LogP contribution < -0.4 is 11.1 Å². The number of methoxy groups -OCH3 is 1. The molecule has 0 amide bonds. The van der Waals surface area contributed by atoms with Gasteiger partial charge in [0.1, 0.15) is 5.82 Å². The lowest BCUT2D eigenvalue weighted by molar-refractivity contribution is 0.190. The number of nitrogens with two attached hydrogens (primary N) is 1. The number of nitrogens with zero attached hydrogens (tertiary/aromatic N) is 1. The minimum absolute atomic E-state index is 0.210. The summed E-state index contributed by atoms with van der Waals surface area (Å²) in [5.41, 5.74) is 6.36. The maximum Gasteiger partial charge on any atom is 0.149 e. The fourth-order valence-corrected chi connectivity index (χ4v) is 1.06. The summed E-state index contributed by atoms with van der Waals surface area (Å²) in [5.74, 6) is 0.715. The molecule has 0 fully saturated rings. The number of ether oxygens (including phenoxy) is 1. The minimum atomic E-state index is 0.210. The van der Waals surface area contributed by atoms with Crippen LogP contribution in [0.25, 0.3) is 0 Å². The van der Waals surface area contributed by atoms with Crippen LogP contribution in [-0.4, -0.2) is 24.7 Å². The van der Waals surface area contributed by atoms with Crippen molar-refractivity contribution in [2.45, 2.75) is 13.0 Å². The molecule has 0 saturated heterocycles. The van der Waals surface area contributed by atoms with E-state index in [1.807, 2.05) is 19.1 Å². The van der Waals surface area contributed by atoms with Gasteiger partial charge in [0.15, 0.2) is 0 Å². The third-order valence-electron chi connectivity index (χ3n) is 1.64.